The molecule has 0 spiro atoms. The zero-order valence-electron chi connectivity index (χ0n) is 21.6. The highest BCUT2D eigenvalue weighted by molar-refractivity contribution is 7.93. The molecule has 2 atom stereocenters. The Kier molecular flexibility index (Phi) is 11.1. The van der Waals surface area contributed by atoms with E-state index in [9.17, 15) is 31.8 Å². The molecule has 34 heavy (non-hydrogen) atoms. The second kappa shape index (κ2) is 11.7. The molecule has 0 saturated heterocycles. The smallest absolute Gasteiger partial charge is 0.408 e. The van der Waals surface area contributed by atoms with Crippen molar-refractivity contribution < 1.29 is 41.2 Å². The van der Waals surface area contributed by atoms with E-state index in [-0.39, 0.29) is 6.42 Å². The van der Waals surface area contributed by atoms with E-state index in [0.29, 0.717) is 0 Å². The average molecular weight is 517 g/mol. The van der Waals surface area contributed by atoms with Crippen LogP contribution in [0.15, 0.2) is 4.36 Å². The van der Waals surface area contributed by atoms with Gasteiger partial charge in [0.1, 0.15) is 17.2 Å². The second-order valence-corrected chi connectivity index (χ2v) is 13.6. The van der Waals surface area contributed by atoms with E-state index in [1.54, 1.807) is 62.3 Å². The first kappa shape index (κ1) is 32.1. The first-order valence-electron chi connectivity index (χ1n) is 11.0. The number of esters is 1. The number of carbonyl (C=O) groups is 3. The van der Waals surface area contributed by atoms with Crippen molar-refractivity contribution in [3.05, 3.63) is 0 Å². The third-order valence-corrected chi connectivity index (χ3v) is 6.22. The number of nitrogens with zero attached hydrogens (tertiary/aromatic N) is 1. The van der Waals surface area contributed by atoms with Crippen LogP contribution in [0.4, 0.5) is 18.0 Å². The summed E-state index contributed by atoms with van der Waals surface area (Å²) in [5, 5.41) is 2.36. The van der Waals surface area contributed by atoms with Crippen molar-refractivity contribution in [3.63, 3.8) is 0 Å². The molecule has 0 fully saturated rings. The Hall–Kier alpha value is -1.85. The molecule has 0 unspecified atom stereocenters. The van der Waals surface area contributed by atoms with Crippen molar-refractivity contribution in [2.45, 2.75) is 105 Å². The van der Waals surface area contributed by atoms with Crippen LogP contribution in [-0.4, -0.2) is 57.1 Å². The maximum absolute atomic E-state index is 13.4. The van der Waals surface area contributed by atoms with Gasteiger partial charge in [0.05, 0.1) is 9.73 Å². The van der Waals surface area contributed by atoms with Crippen LogP contribution < -0.4 is 5.32 Å². The van der Waals surface area contributed by atoms with Crippen LogP contribution >= 0.6 is 0 Å². The molecular weight excluding hydrogens is 477 g/mol. The molecule has 0 aliphatic heterocycles. The average Bonchev–Trinajstić information content (AvgIpc) is 2.53. The number of carbonyl (C=O) groups excluding carboxylic acids is 3. The zero-order chi connectivity index (χ0) is 27.2. The Bertz CT molecular complexity index is 843. The van der Waals surface area contributed by atoms with Crippen molar-refractivity contribution in [1.82, 2.24) is 5.32 Å². The van der Waals surface area contributed by atoms with Gasteiger partial charge in [0.2, 0.25) is 0 Å². The van der Waals surface area contributed by atoms with Crippen LogP contribution in [-0.2, 0) is 28.8 Å². The minimum Gasteiger partial charge on any atom is -0.458 e. The number of amides is 2. The molecule has 0 saturated carbocycles. The van der Waals surface area contributed by atoms with Crippen molar-refractivity contribution in [3.8, 4) is 0 Å². The van der Waals surface area contributed by atoms with E-state index in [2.05, 4.69) is 9.68 Å². The normalized spacial score (nSPS) is 15.6. The first-order valence-corrected chi connectivity index (χ1v) is 12.8. The number of rotatable bonds is 8. The predicted octanol–water partition coefficient (Wildman–Crippen LogP) is 4.99. The Morgan fingerprint density at radius 3 is 1.79 bits per heavy atom. The first-order chi connectivity index (χ1) is 14.9. The Labute approximate surface area is 200 Å². The van der Waals surface area contributed by atoms with Crippen molar-refractivity contribution in [2.75, 3.05) is 11.5 Å². The Morgan fingerprint density at radius 1 is 0.882 bits per heavy atom. The van der Waals surface area contributed by atoms with Gasteiger partial charge < -0.3 is 14.8 Å². The fraction of sp³-hybridized carbons (Fsp3) is 0.864. The molecule has 0 radical (unpaired) electrons. The van der Waals surface area contributed by atoms with Crippen LogP contribution in [0.2, 0.25) is 0 Å². The van der Waals surface area contributed by atoms with E-state index in [4.69, 9.17) is 9.47 Å². The molecule has 2 amide bonds. The lowest BCUT2D eigenvalue weighted by atomic mass is 9.96. The SMILES string of the molecule is CC(C)(C)OC(=O)N[C@@H](CC[S@@](=O)(CCCC(F)(F)F)=NC(=O)C(C)(C)C)C(=O)OC(C)(C)C. The van der Waals surface area contributed by atoms with Crippen LogP contribution in [0, 0.1) is 5.41 Å². The molecule has 0 aliphatic rings. The lowest BCUT2D eigenvalue weighted by Gasteiger charge is -2.26. The van der Waals surface area contributed by atoms with Gasteiger partial charge in [0.25, 0.3) is 5.91 Å². The topological polar surface area (TPSA) is 111 Å². The second-order valence-electron chi connectivity index (χ2n) is 11.1. The molecule has 1 N–H and O–H groups in total. The zero-order valence-corrected chi connectivity index (χ0v) is 22.4. The minimum absolute atomic E-state index is 0.278. The number of hydrogen-bond acceptors (Lipinski definition) is 6. The van der Waals surface area contributed by atoms with Crippen molar-refractivity contribution >= 4 is 27.7 Å². The van der Waals surface area contributed by atoms with Gasteiger partial charge >= 0.3 is 18.2 Å². The molecule has 12 heteroatoms. The molecule has 0 bridgehead atoms. The summed E-state index contributed by atoms with van der Waals surface area (Å²) >= 11 is 0. The molecule has 0 aromatic heterocycles. The fourth-order valence-corrected chi connectivity index (χ4v) is 4.52. The highest BCUT2D eigenvalue weighted by Crippen LogP contribution is 2.23. The molecule has 0 aliphatic carbocycles. The molecule has 8 nitrogen and oxygen atoms in total. The number of halogens is 3. The maximum Gasteiger partial charge on any atom is 0.408 e. The van der Waals surface area contributed by atoms with Gasteiger partial charge in [0.15, 0.2) is 0 Å². The van der Waals surface area contributed by atoms with Gasteiger partial charge in [0, 0.05) is 23.3 Å². The minimum atomic E-state index is -4.45. The number of hydrogen-bond donors (Lipinski definition) is 1. The number of alkyl halides is 3. The fourth-order valence-electron chi connectivity index (χ4n) is 2.35. The van der Waals surface area contributed by atoms with Gasteiger partial charge in [-0.3, -0.25) is 4.79 Å². The summed E-state index contributed by atoms with van der Waals surface area (Å²) in [7, 11) is -3.46. The van der Waals surface area contributed by atoms with Gasteiger partial charge in [-0.15, -0.1) is 0 Å². The Morgan fingerprint density at radius 2 is 1.38 bits per heavy atom. The molecule has 0 rings (SSSR count). The summed E-state index contributed by atoms with van der Waals surface area (Å²) in [5.74, 6) is -2.44. The van der Waals surface area contributed by atoms with E-state index in [1.165, 1.54) is 0 Å². The standard InChI is InChI=1S/C22H39F3N2O6S/c1-19(2,3)17(29)27-34(31,13-10-12-22(23,24)25)14-11-15(16(28)32-20(4,5)6)26-18(30)33-21(7,8)9/h15H,10-14H2,1-9H3,(H,26,30)/t15-,34-/m0/s1. The van der Waals surface area contributed by atoms with Gasteiger partial charge in [-0.2, -0.15) is 17.5 Å². The number of nitrogens with one attached hydrogen (secondary N) is 1. The predicted molar refractivity (Wildman–Crippen MR) is 124 cm³/mol. The molecule has 0 aromatic rings. The summed E-state index contributed by atoms with van der Waals surface area (Å²) in [6.07, 6.45) is -7.34. The molecule has 0 heterocycles. The van der Waals surface area contributed by atoms with Crippen LogP contribution in [0.25, 0.3) is 0 Å². The summed E-state index contributed by atoms with van der Waals surface area (Å²) in [6, 6.07) is -1.31. The van der Waals surface area contributed by atoms with Crippen molar-refractivity contribution in [1.29, 1.82) is 0 Å². The lowest BCUT2D eigenvalue weighted by Crippen LogP contribution is -2.46. The summed E-state index contributed by atoms with van der Waals surface area (Å²) < 4.78 is 65.5. The van der Waals surface area contributed by atoms with Crippen LogP contribution in [0.5, 0.6) is 0 Å². The largest absolute Gasteiger partial charge is 0.458 e. The third-order valence-electron chi connectivity index (χ3n) is 3.92. The van der Waals surface area contributed by atoms with E-state index >= 15 is 0 Å². The quantitative estimate of drug-likeness (QED) is 0.455. The molecule has 0 aromatic carbocycles. The van der Waals surface area contributed by atoms with Crippen LogP contribution in [0.1, 0.15) is 81.6 Å². The molecule has 200 valence electrons. The van der Waals surface area contributed by atoms with E-state index in [0.717, 1.165) is 0 Å². The Balaban J connectivity index is 5.86. The lowest BCUT2D eigenvalue weighted by molar-refractivity contribution is -0.157. The monoisotopic (exact) mass is 516 g/mol. The van der Waals surface area contributed by atoms with Gasteiger partial charge in [-0.25, -0.2) is 13.8 Å². The van der Waals surface area contributed by atoms with Gasteiger partial charge in [-0.1, -0.05) is 20.8 Å². The maximum atomic E-state index is 13.4. The molecular formula is C22H39F3N2O6S. The van der Waals surface area contributed by atoms with Crippen molar-refractivity contribution in [2.24, 2.45) is 9.78 Å². The third kappa shape index (κ3) is 15.1. The summed E-state index contributed by atoms with van der Waals surface area (Å²) in [4.78, 5) is 37.3. The highest BCUT2D eigenvalue weighted by atomic mass is 32.2. The number of alkyl carbamates (subject to hydrolysis) is 1. The van der Waals surface area contributed by atoms with Gasteiger partial charge in [-0.05, 0) is 54.4 Å². The van der Waals surface area contributed by atoms with E-state index in [1.807, 2.05) is 0 Å². The summed E-state index contributed by atoms with van der Waals surface area (Å²) in [6.45, 7) is 14.4. The number of ether oxygens (including phenoxy) is 2. The van der Waals surface area contributed by atoms with E-state index < -0.39 is 80.9 Å². The van der Waals surface area contributed by atoms with Crippen LogP contribution in [0.3, 0.4) is 0 Å². The summed E-state index contributed by atoms with van der Waals surface area (Å²) in [5.41, 5.74) is -2.75. The highest BCUT2D eigenvalue weighted by Gasteiger charge is 2.32.